The van der Waals surface area contributed by atoms with Gasteiger partial charge in [0.1, 0.15) is 6.07 Å². The van der Waals surface area contributed by atoms with Gasteiger partial charge < -0.3 is 9.64 Å². The van der Waals surface area contributed by atoms with E-state index in [9.17, 15) is 0 Å². The summed E-state index contributed by atoms with van der Waals surface area (Å²) in [6.45, 7) is 12.1. The van der Waals surface area contributed by atoms with Gasteiger partial charge in [-0.05, 0) is 50.5 Å². The summed E-state index contributed by atoms with van der Waals surface area (Å²) in [6, 6.07) is 2.12. The first-order chi connectivity index (χ1) is 14.6. The van der Waals surface area contributed by atoms with Crippen LogP contribution in [0.2, 0.25) is 5.02 Å². The fourth-order valence-electron chi connectivity index (χ4n) is 3.36. The zero-order valence-electron chi connectivity index (χ0n) is 18.9. The van der Waals surface area contributed by atoms with Gasteiger partial charge >= 0.3 is 0 Å². The van der Waals surface area contributed by atoms with Crippen molar-refractivity contribution in [3.63, 3.8) is 0 Å². The molecule has 0 saturated carbocycles. The lowest BCUT2D eigenvalue weighted by atomic mass is 9.87. The van der Waals surface area contributed by atoms with Gasteiger partial charge in [-0.1, -0.05) is 32.4 Å². The van der Waals surface area contributed by atoms with Crippen LogP contribution in [0.3, 0.4) is 0 Å². The van der Waals surface area contributed by atoms with E-state index in [2.05, 4.69) is 32.9 Å². The average Bonchev–Trinajstić information content (AvgIpc) is 2.78. The van der Waals surface area contributed by atoms with Crippen molar-refractivity contribution in [2.45, 2.75) is 53.4 Å². The maximum absolute atomic E-state index is 9.00. The monoisotopic (exact) mass is 433 g/mol. The normalized spacial score (nSPS) is 16.1. The minimum atomic E-state index is 0.463. The lowest BCUT2D eigenvalue weighted by Crippen LogP contribution is -2.35. The van der Waals surface area contributed by atoms with Crippen LogP contribution in [0.1, 0.15) is 53.4 Å². The van der Waals surface area contributed by atoms with Gasteiger partial charge in [0, 0.05) is 32.5 Å². The fourth-order valence-corrected chi connectivity index (χ4v) is 3.46. The Kier molecular flexibility index (Phi) is 13.7. The summed E-state index contributed by atoms with van der Waals surface area (Å²) in [5.41, 5.74) is 0.561. The van der Waals surface area contributed by atoms with Crippen molar-refractivity contribution in [3.05, 3.63) is 29.1 Å². The van der Waals surface area contributed by atoms with E-state index in [0.717, 1.165) is 38.0 Å². The number of hydrogen-bond donors (Lipinski definition) is 0. The third-order valence-corrected chi connectivity index (χ3v) is 5.15. The molecular formula is C23H36ClN5O. The van der Waals surface area contributed by atoms with Crippen LogP contribution in [0, 0.1) is 23.2 Å². The summed E-state index contributed by atoms with van der Waals surface area (Å²) < 4.78 is 5.67. The second-order valence-corrected chi connectivity index (χ2v) is 7.67. The second kappa shape index (κ2) is 15.8. The van der Waals surface area contributed by atoms with Crippen molar-refractivity contribution in [1.82, 2.24) is 9.97 Å². The molecule has 0 radical (unpaired) electrons. The number of rotatable bonds is 10. The third-order valence-electron chi connectivity index (χ3n) is 4.96. The fraction of sp³-hybridized carbons (Fsp3) is 0.652. The van der Waals surface area contributed by atoms with Crippen molar-refractivity contribution in [1.29, 1.82) is 5.26 Å². The summed E-state index contributed by atoms with van der Waals surface area (Å²) in [5, 5.41) is 9.57. The van der Waals surface area contributed by atoms with Gasteiger partial charge in [-0.15, -0.1) is 0 Å². The minimum Gasteiger partial charge on any atom is -0.377 e. The molecule has 30 heavy (non-hydrogen) atoms. The number of aliphatic imine (C=N–C) groups is 1. The standard InChI is InChI=1S/C21H30ClN5O.C2H6/c1-3-24-14-19(13-23)7-11-28-10-6-17(2)12-18-4-8-27(9-5-18)21-25-15-20(22)16-26-21;1-2/h7,14-18H,3-6,8-12H2,1-2H3;1-2H3/b19-7-,24-14?;. The van der Waals surface area contributed by atoms with Crippen molar-refractivity contribution in [2.75, 3.05) is 37.7 Å². The molecule has 1 unspecified atom stereocenters. The van der Waals surface area contributed by atoms with E-state index < -0.39 is 0 Å². The molecule has 1 atom stereocenters. The Morgan fingerprint density at radius 2 is 2.03 bits per heavy atom. The molecule has 0 aliphatic carbocycles. The SMILES string of the molecule is CC.CCN=C/C(C#N)=C\COCCC(C)CC1CCN(c2ncc(Cl)cn2)CC1. The molecule has 2 rings (SSSR count). The van der Waals surface area contributed by atoms with Gasteiger partial charge in [-0.2, -0.15) is 5.26 Å². The lowest BCUT2D eigenvalue weighted by molar-refractivity contribution is 0.141. The molecule has 166 valence electrons. The zero-order valence-corrected chi connectivity index (χ0v) is 19.6. The molecule has 1 aliphatic rings. The maximum Gasteiger partial charge on any atom is 0.225 e. The van der Waals surface area contributed by atoms with Gasteiger partial charge in [-0.3, -0.25) is 4.99 Å². The Balaban J connectivity index is 0.00000218. The van der Waals surface area contributed by atoms with E-state index >= 15 is 0 Å². The zero-order chi connectivity index (χ0) is 22.2. The first-order valence-electron chi connectivity index (χ1n) is 11.0. The molecule has 1 aromatic rings. The van der Waals surface area contributed by atoms with Crippen LogP contribution in [-0.4, -0.2) is 49.0 Å². The van der Waals surface area contributed by atoms with Gasteiger partial charge in [0.15, 0.2) is 0 Å². The smallest absolute Gasteiger partial charge is 0.225 e. The number of allylic oxidation sites excluding steroid dienone is 1. The molecular weight excluding hydrogens is 398 g/mol. The van der Waals surface area contributed by atoms with Crippen LogP contribution in [-0.2, 0) is 4.74 Å². The number of nitriles is 1. The molecule has 1 aromatic heterocycles. The van der Waals surface area contributed by atoms with Crippen molar-refractivity contribution < 1.29 is 4.74 Å². The Bertz CT molecular complexity index is 676. The van der Waals surface area contributed by atoms with Gasteiger partial charge in [0.2, 0.25) is 5.95 Å². The molecule has 0 bridgehead atoms. The van der Waals surface area contributed by atoms with E-state index in [4.69, 9.17) is 21.6 Å². The highest BCUT2D eigenvalue weighted by atomic mass is 35.5. The molecule has 0 N–H and O–H groups in total. The highest BCUT2D eigenvalue weighted by Gasteiger charge is 2.22. The molecule has 0 aromatic carbocycles. The van der Waals surface area contributed by atoms with Crippen LogP contribution in [0.15, 0.2) is 29.0 Å². The first kappa shape index (κ1) is 26.1. The van der Waals surface area contributed by atoms with Crippen LogP contribution in [0.25, 0.3) is 0 Å². The number of anilines is 1. The van der Waals surface area contributed by atoms with E-state index in [0.29, 0.717) is 29.7 Å². The molecule has 6 nitrogen and oxygen atoms in total. The largest absolute Gasteiger partial charge is 0.377 e. The Labute approximate surface area is 187 Å². The van der Waals surface area contributed by atoms with Gasteiger partial charge in [0.25, 0.3) is 0 Å². The van der Waals surface area contributed by atoms with Gasteiger partial charge in [0.05, 0.1) is 29.6 Å². The van der Waals surface area contributed by atoms with E-state index in [1.165, 1.54) is 19.3 Å². The number of piperidine rings is 1. The highest BCUT2D eigenvalue weighted by molar-refractivity contribution is 6.30. The van der Waals surface area contributed by atoms with Crippen LogP contribution < -0.4 is 4.90 Å². The van der Waals surface area contributed by atoms with Crippen molar-refractivity contribution in [2.24, 2.45) is 16.8 Å². The predicted molar refractivity (Wildman–Crippen MR) is 125 cm³/mol. The number of halogens is 1. The minimum absolute atomic E-state index is 0.463. The van der Waals surface area contributed by atoms with Crippen LogP contribution in [0.5, 0.6) is 0 Å². The predicted octanol–water partition coefficient (Wildman–Crippen LogP) is 5.35. The molecule has 1 saturated heterocycles. The number of hydrogen-bond acceptors (Lipinski definition) is 6. The number of ether oxygens (including phenoxy) is 1. The van der Waals surface area contributed by atoms with Crippen LogP contribution >= 0.6 is 11.6 Å². The Morgan fingerprint density at radius 1 is 1.37 bits per heavy atom. The quantitative estimate of drug-likeness (QED) is 0.282. The van der Waals surface area contributed by atoms with E-state index in [1.54, 1.807) is 24.7 Å². The number of aromatic nitrogens is 2. The molecule has 0 amide bonds. The molecule has 1 fully saturated rings. The summed E-state index contributed by atoms with van der Waals surface area (Å²) in [5.74, 6) is 2.15. The maximum atomic E-state index is 9.00. The Hall–Kier alpha value is -1.97. The van der Waals surface area contributed by atoms with E-state index in [-0.39, 0.29) is 0 Å². The topological polar surface area (TPSA) is 74.4 Å². The summed E-state index contributed by atoms with van der Waals surface area (Å²) in [7, 11) is 0. The number of nitrogens with zero attached hydrogens (tertiary/aromatic N) is 5. The van der Waals surface area contributed by atoms with Crippen molar-refractivity contribution in [3.8, 4) is 6.07 Å². The molecule has 7 heteroatoms. The Morgan fingerprint density at radius 3 is 2.63 bits per heavy atom. The van der Waals surface area contributed by atoms with E-state index in [1.807, 2.05) is 20.8 Å². The molecule has 0 spiro atoms. The van der Waals surface area contributed by atoms with Gasteiger partial charge in [-0.25, -0.2) is 9.97 Å². The summed E-state index contributed by atoms with van der Waals surface area (Å²) in [6.07, 6.45) is 11.3. The molecule has 2 heterocycles. The van der Waals surface area contributed by atoms with Crippen molar-refractivity contribution >= 4 is 23.8 Å². The summed E-state index contributed by atoms with van der Waals surface area (Å²) >= 11 is 5.86. The molecule has 1 aliphatic heterocycles. The van der Waals surface area contributed by atoms with Crippen LogP contribution in [0.4, 0.5) is 5.95 Å². The second-order valence-electron chi connectivity index (χ2n) is 7.24. The average molecular weight is 434 g/mol. The third kappa shape index (κ3) is 10.2. The first-order valence-corrected chi connectivity index (χ1v) is 11.4. The lowest BCUT2D eigenvalue weighted by Gasteiger charge is -2.33. The summed E-state index contributed by atoms with van der Waals surface area (Å²) in [4.78, 5) is 14.9. The highest BCUT2D eigenvalue weighted by Crippen LogP contribution is 2.27.